The van der Waals surface area contributed by atoms with E-state index in [1.54, 1.807) is 49.4 Å². The van der Waals surface area contributed by atoms with Crippen LogP contribution in [-0.2, 0) is 0 Å². The van der Waals surface area contributed by atoms with Gasteiger partial charge in [-0.05, 0) is 56.5 Å². The monoisotopic (exact) mass is 539 g/mol. The zero-order valence-electron chi connectivity index (χ0n) is 20.3. The molecule has 1 fully saturated rings. The number of hydrogen-bond donors (Lipinski definition) is 3. The lowest BCUT2D eigenvalue weighted by Crippen LogP contribution is -2.35. The second-order valence-electron chi connectivity index (χ2n) is 8.50. The van der Waals surface area contributed by atoms with Crippen LogP contribution >= 0.6 is 23.2 Å². The summed E-state index contributed by atoms with van der Waals surface area (Å²) in [4.78, 5) is 32.5. The second-order valence-corrected chi connectivity index (χ2v) is 9.38. The summed E-state index contributed by atoms with van der Waals surface area (Å²) in [5.74, 6) is 0.0482. The highest BCUT2D eigenvalue weighted by atomic mass is 35.5. The topological polar surface area (TPSA) is 107 Å². The van der Waals surface area contributed by atoms with Crippen LogP contribution in [-0.4, -0.2) is 47.2 Å². The first-order valence-corrected chi connectivity index (χ1v) is 12.8. The minimum atomic E-state index is -0.529. The molecule has 0 bridgehead atoms. The van der Waals surface area contributed by atoms with Gasteiger partial charge in [-0.25, -0.2) is 4.98 Å². The van der Waals surface area contributed by atoms with Crippen LogP contribution in [0.25, 0.3) is 0 Å². The zero-order valence-corrected chi connectivity index (χ0v) is 21.8. The second kappa shape index (κ2) is 12.1. The lowest BCUT2D eigenvalue weighted by atomic mass is 10.1. The lowest BCUT2D eigenvalue weighted by Gasteiger charge is -2.29. The van der Waals surface area contributed by atoms with Crippen LogP contribution in [0, 0.1) is 5.41 Å². The van der Waals surface area contributed by atoms with Crippen LogP contribution in [0.4, 0.5) is 11.5 Å². The highest BCUT2D eigenvalue weighted by Gasteiger charge is 2.22. The molecule has 1 aliphatic rings. The Morgan fingerprint density at radius 1 is 0.946 bits per heavy atom. The van der Waals surface area contributed by atoms with Crippen molar-refractivity contribution >= 4 is 52.4 Å². The number of nitrogens with one attached hydrogen (secondary N) is 3. The Kier molecular flexibility index (Phi) is 8.63. The summed E-state index contributed by atoms with van der Waals surface area (Å²) >= 11 is 12.1. The SMILES string of the molecule is CCOc1cc(Cl)cc(C(=O)Nc2ccc(Cl)cn2)c1NC(=O)c1ccc(C(=N)N2CCCCC2)cc1. The van der Waals surface area contributed by atoms with Crippen LogP contribution < -0.4 is 15.4 Å². The number of amides is 2. The summed E-state index contributed by atoms with van der Waals surface area (Å²) in [6.45, 7) is 3.83. The Labute approximate surface area is 225 Å². The molecule has 4 rings (SSSR count). The minimum absolute atomic E-state index is 0.115. The van der Waals surface area contributed by atoms with Crippen molar-refractivity contribution in [2.45, 2.75) is 26.2 Å². The van der Waals surface area contributed by atoms with Crippen LogP contribution in [0.3, 0.4) is 0 Å². The number of ether oxygens (including phenoxy) is 1. The molecular weight excluding hydrogens is 513 g/mol. The lowest BCUT2D eigenvalue weighted by molar-refractivity contribution is 0.102. The van der Waals surface area contributed by atoms with Gasteiger partial charge >= 0.3 is 0 Å². The summed E-state index contributed by atoms with van der Waals surface area (Å²) < 4.78 is 5.68. The third-order valence-corrected chi connectivity index (χ3v) is 6.35. The number of nitrogens with zero attached hydrogens (tertiary/aromatic N) is 2. The maximum Gasteiger partial charge on any atom is 0.259 e. The Bertz CT molecular complexity index is 1290. The number of halogens is 2. The van der Waals surface area contributed by atoms with Gasteiger partial charge in [-0.3, -0.25) is 15.0 Å². The summed E-state index contributed by atoms with van der Waals surface area (Å²) in [7, 11) is 0. The molecule has 0 radical (unpaired) electrons. The first-order chi connectivity index (χ1) is 17.9. The molecule has 2 amide bonds. The quantitative estimate of drug-likeness (QED) is 0.248. The molecule has 3 aromatic rings. The average Bonchev–Trinajstić information content (AvgIpc) is 2.91. The molecule has 0 aliphatic carbocycles. The number of benzene rings is 2. The van der Waals surface area contributed by atoms with Gasteiger partial charge in [0.1, 0.15) is 17.4 Å². The molecule has 0 unspecified atom stereocenters. The minimum Gasteiger partial charge on any atom is -0.492 e. The van der Waals surface area contributed by atoms with Gasteiger partial charge in [-0.1, -0.05) is 35.3 Å². The van der Waals surface area contributed by atoms with E-state index in [4.69, 9.17) is 33.3 Å². The highest BCUT2D eigenvalue weighted by molar-refractivity contribution is 6.32. The van der Waals surface area contributed by atoms with Gasteiger partial charge in [-0.2, -0.15) is 0 Å². The predicted octanol–water partition coefficient (Wildman–Crippen LogP) is 6.10. The number of amidine groups is 1. The van der Waals surface area contributed by atoms with E-state index in [9.17, 15) is 9.59 Å². The number of carbonyl (C=O) groups is 2. The van der Waals surface area contributed by atoms with Gasteiger partial charge in [-0.15, -0.1) is 0 Å². The summed E-state index contributed by atoms with van der Waals surface area (Å²) in [5.41, 5.74) is 1.42. The van der Waals surface area contributed by atoms with Gasteiger partial charge in [0, 0.05) is 41.5 Å². The smallest absolute Gasteiger partial charge is 0.259 e. The number of hydrogen-bond acceptors (Lipinski definition) is 5. The number of pyridine rings is 1. The largest absolute Gasteiger partial charge is 0.492 e. The van der Waals surface area contributed by atoms with E-state index >= 15 is 0 Å². The molecule has 10 heteroatoms. The Hall–Kier alpha value is -3.62. The van der Waals surface area contributed by atoms with Crippen molar-refractivity contribution in [2.24, 2.45) is 0 Å². The normalized spacial score (nSPS) is 13.1. The first kappa shape index (κ1) is 26.4. The Balaban J connectivity index is 1.57. The fraction of sp³-hybridized carbons (Fsp3) is 0.259. The van der Waals surface area contributed by atoms with Crippen LogP contribution in [0.5, 0.6) is 5.75 Å². The molecule has 0 spiro atoms. The Morgan fingerprint density at radius 2 is 1.65 bits per heavy atom. The van der Waals surface area contributed by atoms with E-state index in [1.807, 2.05) is 0 Å². The molecule has 37 heavy (non-hydrogen) atoms. The number of carbonyl (C=O) groups excluding carboxylic acids is 2. The highest BCUT2D eigenvalue weighted by Crippen LogP contribution is 2.34. The molecule has 1 saturated heterocycles. The maximum absolute atomic E-state index is 13.2. The third kappa shape index (κ3) is 6.58. The standard InChI is InChI=1S/C27H27Cl2N5O3/c1-2-37-22-15-20(29)14-21(27(36)32-23-11-10-19(28)16-31-23)24(22)33-26(35)18-8-6-17(7-9-18)25(30)34-12-4-3-5-13-34/h6-11,14-16,30H,2-5,12-13H2,1H3,(H,33,35)(H,31,32,36). The molecule has 1 aliphatic heterocycles. The molecule has 2 aromatic carbocycles. The third-order valence-electron chi connectivity index (χ3n) is 5.91. The van der Waals surface area contributed by atoms with E-state index in [-0.39, 0.29) is 27.8 Å². The fourth-order valence-electron chi connectivity index (χ4n) is 4.06. The Morgan fingerprint density at radius 3 is 2.30 bits per heavy atom. The molecule has 0 saturated carbocycles. The van der Waals surface area contributed by atoms with Crippen LogP contribution in [0.15, 0.2) is 54.7 Å². The zero-order chi connectivity index (χ0) is 26.4. The number of piperidine rings is 1. The summed E-state index contributed by atoms with van der Waals surface area (Å²) in [5, 5.41) is 14.7. The number of rotatable bonds is 7. The van der Waals surface area contributed by atoms with E-state index in [0.717, 1.165) is 31.5 Å². The van der Waals surface area contributed by atoms with Crippen molar-refractivity contribution in [1.82, 2.24) is 9.88 Å². The van der Waals surface area contributed by atoms with Gasteiger partial charge in [0.05, 0.1) is 22.9 Å². The van der Waals surface area contributed by atoms with Crippen LogP contribution in [0.2, 0.25) is 10.0 Å². The summed E-state index contributed by atoms with van der Waals surface area (Å²) in [6, 6.07) is 13.0. The van der Waals surface area contributed by atoms with Crippen molar-refractivity contribution in [3.8, 4) is 5.75 Å². The molecule has 3 N–H and O–H groups in total. The van der Waals surface area contributed by atoms with E-state index < -0.39 is 11.8 Å². The molecular formula is C27H27Cl2N5O3. The van der Waals surface area contributed by atoms with Crippen LogP contribution in [0.1, 0.15) is 52.5 Å². The van der Waals surface area contributed by atoms with E-state index in [1.165, 1.54) is 18.7 Å². The van der Waals surface area contributed by atoms with Gasteiger partial charge in [0.15, 0.2) is 0 Å². The van der Waals surface area contributed by atoms with E-state index in [2.05, 4.69) is 20.5 Å². The molecule has 2 heterocycles. The van der Waals surface area contributed by atoms with Crippen molar-refractivity contribution < 1.29 is 14.3 Å². The number of likely N-dealkylation sites (tertiary alicyclic amines) is 1. The van der Waals surface area contributed by atoms with Crippen molar-refractivity contribution in [3.05, 3.63) is 81.5 Å². The average molecular weight is 540 g/mol. The molecule has 0 atom stereocenters. The van der Waals surface area contributed by atoms with Crippen molar-refractivity contribution in [2.75, 3.05) is 30.3 Å². The molecule has 8 nitrogen and oxygen atoms in total. The molecule has 192 valence electrons. The summed E-state index contributed by atoms with van der Waals surface area (Å²) in [6.07, 6.45) is 4.76. The van der Waals surface area contributed by atoms with Gasteiger partial charge in [0.25, 0.3) is 11.8 Å². The van der Waals surface area contributed by atoms with Gasteiger partial charge in [0.2, 0.25) is 0 Å². The van der Waals surface area contributed by atoms with Crippen molar-refractivity contribution in [3.63, 3.8) is 0 Å². The van der Waals surface area contributed by atoms with Gasteiger partial charge < -0.3 is 20.3 Å². The predicted molar refractivity (Wildman–Crippen MR) is 146 cm³/mol. The number of anilines is 2. The maximum atomic E-state index is 13.2. The molecule has 1 aromatic heterocycles. The first-order valence-electron chi connectivity index (χ1n) is 12.0. The fourth-order valence-corrected chi connectivity index (χ4v) is 4.38. The number of aromatic nitrogens is 1. The van der Waals surface area contributed by atoms with E-state index in [0.29, 0.717) is 23.0 Å². The van der Waals surface area contributed by atoms with Crippen molar-refractivity contribution in [1.29, 1.82) is 5.41 Å².